The van der Waals surface area contributed by atoms with Crippen LogP contribution in [0.15, 0.2) is 54.6 Å². The number of ether oxygens (including phenoxy) is 1. The standard InChI is InChI=1S/C17H19N3OS/c1-3-21-15-11-9-13(10-12-15)17(2)18-16(22)20(19-17)14-7-5-4-6-8-14/h4-12,19H,3H2,1-2H3,(H,18,22)/t17-/m1/s1. The van der Waals surface area contributed by atoms with Crippen LogP contribution in [0.4, 0.5) is 5.69 Å². The van der Waals surface area contributed by atoms with E-state index in [1.54, 1.807) is 0 Å². The lowest BCUT2D eigenvalue weighted by atomic mass is 10.0. The van der Waals surface area contributed by atoms with Crippen molar-refractivity contribution in [1.82, 2.24) is 10.7 Å². The first kappa shape index (κ1) is 14.8. The van der Waals surface area contributed by atoms with E-state index in [0.29, 0.717) is 11.7 Å². The van der Waals surface area contributed by atoms with Gasteiger partial charge < -0.3 is 10.1 Å². The van der Waals surface area contributed by atoms with Crippen LogP contribution in [-0.4, -0.2) is 11.7 Å². The summed E-state index contributed by atoms with van der Waals surface area (Å²) in [4.78, 5) is 0. The molecule has 0 aromatic heterocycles. The number of benzene rings is 2. The maximum Gasteiger partial charge on any atom is 0.190 e. The summed E-state index contributed by atoms with van der Waals surface area (Å²) in [5, 5.41) is 5.90. The molecule has 1 saturated heterocycles. The lowest BCUT2D eigenvalue weighted by Gasteiger charge is -2.26. The molecule has 0 saturated carbocycles. The SMILES string of the molecule is CCOc1ccc([C@]2(C)NC(=S)N(c3ccccc3)N2)cc1. The Balaban J connectivity index is 1.83. The van der Waals surface area contributed by atoms with Gasteiger partial charge in [0, 0.05) is 0 Å². The van der Waals surface area contributed by atoms with E-state index in [1.165, 1.54) is 0 Å². The third-order valence-corrected chi connectivity index (χ3v) is 3.94. The quantitative estimate of drug-likeness (QED) is 0.848. The zero-order valence-electron chi connectivity index (χ0n) is 12.7. The molecule has 0 bridgehead atoms. The molecule has 1 aliphatic rings. The molecule has 5 heteroatoms. The van der Waals surface area contributed by atoms with E-state index >= 15 is 0 Å². The maximum atomic E-state index is 5.49. The Kier molecular flexibility index (Phi) is 4.00. The molecule has 0 aliphatic carbocycles. The average molecular weight is 313 g/mol. The van der Waals surface area contributed by atoms with Gasteiger partial charge in [0.1, 0.15) is 11.4 Å². The van der Waals surface area contributed by atoms with Crippen molar-refractivity contribution in [2.45, 2.75) is 19.5 Å². The molecular formula is C17H19N3OS. The fourth-order valence-corrected chi connectivity index (χ4v) is 2.87. The van der Waals surface area contributed by atoms with E-state index in [9.17, 15) is 0 Å². The Morgan fingerprint density at radius 2 is 1.77 bits per heavy atom. The van der Waals surface area contributed by atoms with Crippen LogP contribution >= 0.6 is 12.2 Å². The number of hydrogen-bond donors (Lipinski definition) is 2. The summed E-state index contributed by atoms with van der Waals surface area (Å²) in [6.07, 6.45) is 0. The van der Waals surface area contributed by atoms with Crippen molar-refractivity contribution in [2.24, 2.45) is 0 Å². The molecule has 1 heterocycles. The first-order chi connectivity index (χ1) is 10.6. The molecule has 1 atom stereocenters. The largest absolute Gasteiger partial charge is 0.494 e. The lowest BCUT2D eigenvalue weighted by molar-refractivity contribution is 0.339. The van der Waals surface area contributed by atoms with E-state index in [0.717, 1.165) is 17.0 Å². The first-order valence-electron chi connectivity index (χ1n) is 7.31. The Morgan fingerprint density at radius 1 is 1.09 bits per heavy atom. The van der Waals surface area contributed by atoms with Gasteiger partial charge in [-0.3, -0.25) is 0 Å². The topological polar surface area (TPSA) is 36.5 Å². The minimum absolute atomic E-state index is 0.447. The summed E-state index contributed by atoms with van der Waals surface area (Å²) in [6.45, 7) is 4.71. The van der Waals surface area contributed by atoms with Gasteiger partial charge in [-0.1, -0.05) is 30.3 Å². The normalized spacial score (nSPS) is 20.8. The number of rotatable bonds is 4. The fourth-order valence-electron chi connectivity index (χ4n) is 2.52. The van der Waals surface area contributed by atoms with Crippen LogP contribution in [-0.2, 0) is 5.66 Å². The van der Waals surface area contributed by atoms with Crippen LogP contribution in [0.3, 0.4) is 0 Å². The molecule has 0 unspecified atom stereocenters. The minimum Gasteiger partial charge on any atom is -0.494 e. The molecule has 2 aromatic carbocycles. The highest BCUT2D eigenvalue weighted by Crippen LogP contribution is 2.27. The number of nitrogens with one attached hydrogen (secondary N) is 2. The van der Waals surface area contributed by atoms with Crippen LogP contribution in [0.5, 0.6) is 5.75 Å². The highest BCUT2D eigenvalue weighted by atomic mass is 32.1. The van der Waals surface area contributed by atoms with E-state index in [2.05, 4.69) is 17.7 Å². The van der Waals surface area contributed by atoms with Gasteiger partial charge in [0.05, 0.1) is 12.3 Å². The molecule has 114 valence electrons. The fraction of sp³-hybridized carbons (Fsp3) is 0.235. The van der Waals surface area contributed by atoms with Crippen LogP contribution in [0.2, 0.25) is 0 Å². The van der Waals surface area contributed by atoms with Crippen LogP contribution in [0, 0.1) is 0 Å². The molecule has 0 amide bonds. The Bertz CT molecular complexity index is 659. The summed E-state index contributed by atoms with van der Waals surface area (Å²) in [7, 11) is 0. The zero-order chi connectivity index (χ0) is 15.6. The zero-order valence-corrected chi connectivity index (χ0v) is 13.5. The summed E-state index contributed by atoms with van der Waals surface area (Å²) in [5.41, 5.74) is 5.10. The van der Waals surface area contributed by atoms with E-state index in [1.807, 2.05) is 66.5 Å². The van der Waals surface area contributed by atoms with Gasteiger partial charge in [-0.15, -0.1) is 0 Å². The summed E-state index contributed by atoms with van der Waals surface area (Å²) in [6, 6.07) is 18.0. The number of hydrogen-bond acceptors (Lipinski definition) is 3. The Labute approximate surface area is 136 Å². The first-order valence-corrected chi connectivity index (χ1v) is 7.72. The van der Waals surface area contributed by atoms with Crippen molar-refractivity contribution < 1.29 is 4.74 Å². The third kappa shape index (κ3) is 2.77. The number of para-hydroxylation sites is 1. The lowest BCUT2D eigenvalue weighted by Crippen LogP contribution is -2.45. The predicted octanol–water partition coefficient (Wildman–Crippen LogP) is 3.16. The second-order valence-electron chi connectivity index (χ2n) is 5.30. The van der Waals surface area contributed by atoms with Crippen molar-refractivity contribution in [3.63, 3.8) is 0 Å². The van der Waals surface area contributed by atoms with Crippen molar-refractivity contribution in [3.8, 4) is 5.75 Å². The molecule has 0 radical (unpaired) electrons. The average Bonchev–Trinajstić information content (AvgIpc) is 2.85. The smallest absolute Gasteiger partial charge is 0.190 e. The molecule has 22 heavy (non-hydrogen) atoms. The minimum atomic E-state index is -0.447. The van der Waals surface area contributed by atoms with Gasteiger partial charge in [-0.25, -0.2) is 5.01 Å². The number of thiocarbonyl (C=S) groups is 1. The molecule has 3 rings (SSSR count). The molecule has 1 fully saturated rings. The van der Waals surface area contributed by atoms with Crippen LogP contribution < -0.4 is 20.5 Å². The Hall–Kier alpha value is -2.11. The number of hydrazine groups is 1. The molecule has 0 spiro atoms. The van der Waals surface area contributed by atoms with E-state index in [4.69, 9.17) is 17.0 Å². The van der Waals surface area contributed by atoms with Crippen molar-refractivity contribution >= 4 is 23.0 Å². The summed E-state index contributed by atoms with van der Waals surface area (Å²) < 4.78 is 5.49. The van der Waals surface area contributed by atoms with Crippen LogP contribution in [0.25, 0.3) is 0 Å². The Morgan fingerprint density at radius 3 is 2.41 bits per heavy atom. The van der Waals surface area contributed by atoms with Gasteiger partial charge >= 0.3 is 0 Å². The highest BCUT2D eigenvalue weighted by molar-refractivity contribution is 7.80. The maximum absolute atomic E-state index is 5.49. The molecule has 1 aliphatic heterocycles. The monoisotopic (exact) mass is 313 g/mol. The number of nitrogens with zero attached hydrogens (tertiary/aromatic N) is 1. The van der Waals surface area contributed by atoms with Gasteiger partial charge in [0.15, 0.2) is 5.11 Å². The van der Waals surface area contributed by atoms with Gasteiger partial charge in [0.25, 0.3) is 0 Å². The van der Waals surface area contributed by atoms with Gasteiger partial charge in [-0.2, -0.15) is 5.43 Å². The molecule has 2 N–H and O–H groups in total. The van der Waals surface area contributed by atoms with Crippen molar-refractivity contribution in [2.75, 3.05) is 11.6 Å². The van der Waals surface area contributed by atoms with Crippen LogP contribution in [0.1, 0.15) is 19.4 Å². The predicted molar refractivity (Wildman–Crippen MR) is 92.8 cm³/mol. The molecule has 2 aromatic rings. The summed E-state index contributed by atoms with van der Waals surface area (Å²) >= 11 is 5.47. The third-order valence-electron chi connectivity index (χ3n) is 3.65. The molecular weight excluding hydrogens is 294 g/mol. The highest BCUT2D eigenvalue weighted by Gasteiger charge is 2.37. The number of anilines is 1. The summed E-state index contributed by atoms with van der Waals surface area (Å²) in [5.74, 6) is 0.871. The van der Waals surface area contributed by atoms with E-state index < -0.39 is 5.66 Å². The van der Waals surface area contributed by atoms with Crippen molar-refractivity contribution in [1.29, 1.82) is 0 Å². The van der Waals surface area contributed by atoms with Gasteiger partial charge in [0.2, 0.25) is 0 Å². The van der Waals surface area contributed by atoms with Crippen molar-refractivity contribution in [3.05, 3.63) is 60.2 Å². The molecule has 4 nitrogen and oxygen atoms in total. The second kappa shape index (κ2) is 5.94. The van der Waals surface area contributed by atoms with E-state index in [-0.39, 0.29) is 0 Å². The van der Waals surface area contributed by atoms with Gasteiger partial charge in [-0.05, 0) is 55.9 Å². The second-order valence-corrected chi connectivity index (χ2v) is 5.68.